The Balaban J connectivity index is 1.23. The molecule has 162 valence electrons. The van der Waals surface area contributed by atoms with E-state index in [2.05, 4.69) is 27.1 Å². The quantitative estimate of drug-likeness (QED) is 0.632. The molecule has 3 heterocycles. The second-order valence-electron chi connectivity index (χ2n) is 7.84. The van der Waals surface area contributed by atoms with Gasteiger partial charge in [0, 0.05) is 51.8 Å². The molecule has 1 fully saturated rings. The monoisotopic (exact) mass is 422 g/mol. The molecule has 0 atom stereocenters. The number of anilines is 1. The Kier molecular flexibility index (Phi) is 6.62. The molecule has 3 aromatic rings. The van der Waals surface area contributed by atoms with Crippen LogP contribution >= 0.6 is 0 Å². The number of piperazine rings is 1. The van der Waals surface area contributed by atoms with Gasteiger partial charge in [0.1, 0.15) is 23.2 Å². The third-order valence-electron chi connectivity index (χ3n) is 5.53. The highest BCUT2D eigenvalue weighted by Gasteiger charge is 2.15. The molecular formula is C24H27FN4O2. The molecule has 0 spiro atoms. The highest BCUT2D eigenvalue weighted by Crippen LogP contribution is 2.25. The minimum Gasteiger partial charge on any atom is -0.461 e. The van der Waals surface area contributed by atoms with Crippen LogP contribution in [0.15, 0.2) is 59.1 Å². The molecule has 0 bridgehead atoms. The number of nitrogens with one attached hydrogen (secondary N) is 1. The largest absolute Gasteiger partial charge is 0.461 e. The Morgan fingerprint density at radius 3 is 2.65 bits per heavy atom. The van der Waals surface area contributed by atoms with Crippen LogP contribution in [0.2, 0.25) is 0 Å². The summed E-state index contributed by atoms with van der Waals surface area (Å²) in [5.74, 6) is 1.72. The van der Waals surface area contributed by atoms with Crippen molar-refractivity contribution < 1.29 is 13.6 Å². The number of furan rings is 1. The Morgan fingerprint density at radius 2 is 1.90 bits per heavy atom. The molecule has 1 N–H and O–H groups in total. The average Bonchev–Trinajstić information content (AvgIpc) is 3.26. The zero-order valence-corrected chi connectivity index (χ0v) is 17.7. The molecule has 31 heavy (non-hydrogen) atoms. The van der Waals surface area contributed by atoms with Gasteiger partial charge >= 0.3 is 0 Å². The van der Waals surface area contributed by atoms with Crippen molar-refractivity contribution >= 4 is 11.7 Å². The first-order chi connectivity index (χ1) is 15.1. The van der Waals surface area contributed by atoms with E-state index in [1.165, 1.54) is 6.07 Å². The van der Waals surface area contributed by atoms with Crippen molar-refractivity contribution in [3.63, 3.8) is 0 Å². The van der Waals surface area contributed by atoms with E-state index < -0.39 is 0 Å². The van der Waals surface area contributed by atoms with Gasteiger partial charge in [0.15, 0.2) is 0 Å². The molecule has 4 rings (SSSR count). The highest BCUT2D eigenvalue weighted by molar-refractivity contribution is 5.76. The predicted octanol–water partition coefficient (Wildman–Crippen LogP) is 3.48. The Hall–Kier alpha value is -3.19. The molecule has 7 heteroatoms. The predicted molar refractivity (Wildman–Crippen MR) is 118 cm³/mol. The molecule has 0 unspecified atom stereocenters. The van der Waals surface area contributed by atoms with E-state index in [1.807, 2.05) is 18.3 Å². The maximum absolute atomic E-state index is 13.9. The number of aryl methyl sites for hydroxylation is 1. The minimum absolute atomic E-state index is 0.0630. The average molecular weight is 423 g/mol. The van der Waals surface area contributed by atoms with Crippen molar-refractivity contribution in [3.8, 4) is 11.3 Å². The summed E-state index contributed by atoms with van der Waals surface area (Å²) in [7, 11) is 2.13. The fraction of sp³-hybridized carbons (Fsp3) is 0.333. The van der Waals surface area contributed by atoms with Crippen molar-refractivity contribution in [2.75, 3.05) is 38.1 Å². The molecule has 6 nitrogen and oxygen atoms in total. The Bertz CT molecular complexity index is 1010. The zero-order valence-electron chi connectivity index (χ0n) is 17.7. The van der Waals surface area contributed by atoms with Gasteiger partial charge in [-0.05, 0) is 42.9 Å². The van der Waals surface area contributed by atoms with Crippen LogP contribution in [0.5, 0.6) is 0 Å². The van der Waals surface area contributed by atoms with Crippen LogP contribution in [0.1, 0.15) is 17.7 Å². The van der Waals surface area contributed by atoms with Gasteiger partial charge < -0.3 is 19.5 Å². The van der Waals surface area contributed by atoms with Gasteiger partial charge in [-0.2, -0.15) is 0 Å². The fourth-order valence-corrected chi connectivity index (χ4v) is 3.59. The second kappa shape index (κ2) is 9.75. The third kappa shape index (κ3) is 5.49. The van der Waals surface area contributed by atoms with Crippen molar-refractivity contribution in [2.45, 2.75) is 19.4 Å². The van der Waals surface area contributed by atoms with Crippen LogP contribution in [0.25, 0.3) is 11.3 Å². The van der Waals surface area contributed by atoms with Gasteiger partial charge in [-0.15, -0.1) is 0 Å². The van der Waals surface area contributed by atoms with Crippen molar-refractivity contribution in [2.24, 2.45) is 0 Å². The molecule has 1 amide bonds. The molecule has 0 saturated carbocycles. The first-order valence-electron chi connectivity index (χ1n) is 10.6. The van der Waals surface area contributed by atoms with Gasteiger partial charge in [0.05, 0.1) is 5.56 Å². The fourth-order valence-electron chi connectivity index (χ4n) is 3.59. The first-order valence-corrected chi connectivity index (χ1v) is 10.6. The van der Waals surface area contributed by atoms with E-state index in [-0.39, 0.29) is 11.7 Å². The number of carbonyl (C=O) groups excluding carboxylic acids is 1. The number of halogens is 1. The zero-order chi connectivity index (χ0) is 21.6. The minimum atomic E-state index is -0.326. The lowest BCUT2D eigenvalue weighted by atomic mass is 10.1. The lowest BCUT2D eigenvalue weighted by molar-refractivity contribution is -0.121. The summed E-state index contributed by atoms with van der Waals surface area (Å²) >= 11 is 0. The van der Waals surface area contributed by atoms with E-state index in [0.717, 1.165) is 37.6 Å². The second-order valence-corrected chi connectivity index (χ2v) is 7.84. The van der Waals surface area contributed by atoms with Gasteiger partial charge in [0.2, 0.25) is 5.91 Å². The Morgan fingerprint density at radius 1 is 1.10 bits per heavy atom. The maximum Gasteiger partial charge on any atom is 0.220 e. The summed E-state index contributed by atoms with van der Waals surface area (Å²) in [4.78, 5) is 21.4. The maximum atomic E-state index is 13.9. The molecule has 1 aliphatic heterocycles. The number of pyridine rings is 1. The van der Waals surface area contributed by atoms with Crippen LogP contribution in [0.4, 0.5) is 10.2 Å². The third-order valence-corrected chi connectivity index (χ3v) is 5.53. The van der Waals surface area contributed by atoms with E-state index in [4.69, 9.17) is 4.42 Å². The molecular weight excluding hydrogens is 395 g/mol. The number of hydrogen-bond donors (Lipinski definition) is 1. The van der Waals surface area contributed by atoms with E-state index in [1.54, 1.807) is 30.3 Å². The molecule has 0 radical (unpaired) electrons. The molecule has 2 aromatic heterocycles. The molecule has 0 aliphatic carbocycles. The van der Waals surface area contributed by atoms with Crippen molar-refractivity contribution in [3.05, 3.63) is 71.9 Å². The van der Waals surface area contributed by atoms with Crippen LogP contribution in [-0.4, -0.2) is 49.0 Å². The van der Waals surface area contributed by atoms with Crippen LogP contribution in [0.3, 0.4) is 0 Å². The number of likely N-dealkylation sites (N-methyl/N-ethyl adjacent to an activating group) is 1. The van der Waals surface area contributed by atoms with Gasteiger partial charge in [-0.25, -0.2) is 9.37 Å². The summed E-state index contributed by atoms with van der Waals surface area (Å²) in [6, 6.07) is 14.0. The van der Waals surface area contributed by atoms with E-state index in [9.17, 15) is 9.18 Å². The molecule has 1 saturated heterocycles. The van der Waals surface area contributed by atoms with Crippen molar-refractivity contribution in [1.29, 1.82) is 0 Å². The van der Waals surface area contributed by atoms with E-state index >= 15 is 0 Å². The van der Waals surface area contributed by atoms with Crippen LogP contribution < -0.4 is 10.2 Å². The topological polar surface area (TPSA) is 61.6 Å². The lowest BCUT2D eigenvalue weighted by Gasteiger charge is -2.33. The Labute approximate surface area is 181 Å². The van der Waals surface area contributed by atoms with Crippen LogP contribution in [0, 0.1) is 5.82 Å². The molecule has 1 aromatic carbocycles. The number of aromatic nitrogens is 1. The number of rotatable bonds is 7. The summed E-state index contributed by atoms with van der Waals surface area (Å²) in [6.07, 6.45) is 2.58. The lowest BCUT2D eigenvalue weighted by Crippen LogP contribution is -2.44. The van der Waals surface area contributed by atoms with Gasteiger partial charge in [-0.3, -0.25) is 4.79 Å². The normalized spacial score (nSPS) is 14.6. The van der Waals surface area contributed by atoms with Gasteiger partial charge in [-0.1, -0.05) is 18.2 Å². The standard InChI is InChI=1S/C24H27FN4O2/c1-28-12-14-29(15-13-28)23-10-6-18(16-26-23)17-27-24(30)11-8-19-7-9-22(31-19)20-4-2-3-5-21(20)25/h2-7,9-10,16H,8,11-15,17H2,1H3,(H,27,30). The number of hydrogen-bond acceptors (Lipinski definition) is 5. The number of nitrogens with zero attached hydrogens (tertiary/aromatic N) is 3. The number of carbonyl (C=O) groups is 1. The van der Waals surface area contributed by atoms with E-state index in [0.29, 0.717) is 36.5 Å². The van der Waals surface area contributed by atoms with Gasteiger partial charge in [0.25, 0.3) is 0 Å². The van der Waals surface area contributed by atoms with Crippen molar-refractivity contribution in [1.82, 2.24) is 15.2 Å². The first kappa shape index (κ1) is 21.1. The number of amides is 1. The summed E-state index contributed by atoms with van der Waals surface area (Å²) in [5.41, 5.74) is 1.39. The smallest absolute Gasteiger partial charge is 0.220 e. The number of benzene rings is 1. The van der Waals surface area contributed by atoms with Crippen LogP contribution in [-0.2, 0) is 17.8 Å². The summed E-state index contributed by atoms with van der Waals surface area (Å²) in [5, 5.41) is 2.92. The highest BCUT2D eigenvalue weighted by atomic mass is 19.1. The summed E-state index contributed by atoms with van der Waals surface area (Å²) < 4.78 is 19.6. The summed E-state index contributed by atoms with van der Waals surface area (Å²) in [6.45, 7) is 4.47. The molecule has 1 aliphatic rings. The SMILES string of the molecule is CN1CCN(c2ccc(CNC(=O)CCc3ccc(-c4ccccc4F)o3)cn2)CC1.